The lowest BCUT2D eigenvalue weighted by Crippen LogP contribution is -2.34. The molecule has 1 atom stereocenters. The van der Waals surface area contributed by atoms with Gasteiger partial charge in [-0.25, -0.2) is 9.18 Å². The summed E-state index contributed by atoms with van der Waals surface area (Å²) < 4.78 is 20.0. The topological polar surface area (TPSA) is 56.2 Å². The van der Waals surface area contributed by atoms with Gasteiger partial charge in [0.15, 0.2) is 0 Å². The van der Waals surface area contributed by atoms with Crippen LogP contribution < -0.4 is 15.7 Å². The Labute approximate surface area is 121 Å². The molecular formula is C15H16FN3O2. The van der Waals surface area contributed by atoms with Crippen LogP contribution in [0.2, 0.25) is 0 Å². The molecule has 2 heterocycles. The third-order valence-corrected chi connectivity index (χ3v) is 3.47. The zero-order chi connectivity index (χ0) is 14.8. The molecule has 110 valence electrons. The van der Waals surface area contributed by atoms with Gasteiger partial charge in [0.05, 0.1) is 0 Å². The molecule has 1 N–H and O–H groups in total. The molecule has 1 aromatic carbocycles. The number of hydrogen-bond donors (Lipinski definition) is 1. The number of fused-ring (bicyclic) bond motifs is 1. The van der Waals surface area contributed by atoms with Crippen LogP contribution in [0, 0.1) is 5.82 Å². The highest BCUT2D eigenvalue weighted by Gasteiger charge is 2.16. The van der Waals surface area contributed by atoms with E-state index in [4.69, 9.17) is 4.74 Å². The first kappa shape index (κ1) is 13.6. The van der Waals surface area contributed by atoms with E-state index in [2.05, 4.69) is 17.2 Å². The lowest BCUT2D eigenvalue weighted by molar-refractivity contribution is 0.290. The molecule has 0 aliphatic carbocycles. The van der Waals surface area contributed by atoms with Crippen molar-refractivity contribution < 1.29 is 9.13 Å². The molecule has 1 aliphatic heterocycles. The van der Waals surface area contributed by atoms with Gasteiger partial charge in [-0.2, -0.15) is 4.98 Å². The summed E-state index contributed by atoms with van der Waals surface area (Å²) in [6.45, 7) is 2.97. The van der Waals surface area contributed by atoms with E-state index in [0.29, 0.717) is 12.6 Å². The van der Waals surface area contributed by atoms with Crippen molar-refractivity contribution >= 4 is 5.82 Å². The first-order chi connectivity index (χ1) is 10.1. The molecule has 0 fully saturated rings. The predicted octanol–water partition coefficient (Wildman–Crippen LogP) is 2.17. The first-order valence-electron chi connectivity index (χ1n) is 6.87. The van der Waals surface area contributed by atoms with Gasteiger partial charge in [0.1, 0.15) is 18.2 Å². The van der Waals surface area contributed by atoms with Crippen LogP contribution >= 0.6 is 0 Å². The number of nitrogens with one attached hydrogen (secondary N) is 1. The van der Waals surface area contributed by atoms with E-state index in [9.17, 15) is 9.18 Å². The smallest absolute Gasteiger partial charge is 0.352 e. The number of aromatic nitrogens is 2. The lowest BCUT2D eigenvalue weighted by atomic mass is 10.2. The molecule has 21 heavy (non-hydrogen) atoms. The van der Waals surface area contributed by atoms with Crippen molar-refractivity contribution in [1.82, 2.24) is 9.55 Å². The molecule has 1 aliphatic rings. The van der Waals surface area contributed by atoms with Crippen molar-refractivity contribution in [2.24, 2.45) is 0 Å². The summed E-state index contributed by atoms with van der Waals surface area (Å²) in [5.74, 6) is 0.710. The Morgan fingerprint density at radius 1 is 1.43 bits per heavy atom. The van der Waals surface area contributed by atoms with Gasteiger partial charge in [-0.1, -0.05) is 12.1 Å². The quantitative estimate of drug-likeness (QED) is 0.941. The molecule has 0 saturated carbocycles. The average molecular weight is 289 g/mol. The Hall–Kier alpha value is -2.37. The second kappa shape index (κ2) is 5.55. The third-order valence-electron chi connectivity index (χ3n) is 3.47. The van der Waals surface area contributed by atoms with Crippen LogP contribution in [-0.2, 0) is 13.2 Å². The summed E-state index contributed by atoms with van der Waals surface area (Å²) in [4.78, 5) is 15.8. The summed E-state index contributed by atoms with van der Waals surface area (Å²) in [5, 5.41) is 3.24. The van der Waals surface area contributed by atoms with E-state index in [1.807, 2.05) is 0 Å². The Morgan fingerprint density at radius 3 is 2.95 bits per heavy atom. The van der Waals surface area contributed by atoms with Crippen LogP contribution in [0.25, 0.3) is 0 Å². The van der Waals surface area contributed by atoms with Crippen LogP contribution in [0.4, 0.5) is 10.2 Å². The van der Waals surface area contributed by atoms with Crippen molar-refractivity contribution in [3.05, 3.63) is 52.2 Å². The maximum Gasteiger partial charge on any atom is 0.352 e. The highest BCUT2D eigenvalue weighted by Crippen LogP contribution is 2.19. The van der Waals surface area contributed by atoms with E-state index >= 15 is 0 Å². The number of nitrogens with zero attached hydrogens (tertiary/aromatic N) is 2. The van der Waals surface area contributed by atoms with Crippen molar-refractivity contribution in [3.8, 4) is 5.88 Å². The molecule has 6 heteroatoms. The van der Waals surface area contributed by atoms with Gasteiger partial charge < -0.3 is 10.1 Å². The van der Waals surface area contributed by atoms with Gasteiger partial charge in [0.2, 0.25) is 5.88 Å². The van der Waals surface area contributed by atoms with Crippen LogP contribution in [-0.4, -0.2) is 15.6 Å². The van der Waals surface area contributed by atoms with Crippen LogP contribution in [0.5, 0.6) is 5.88 Å². The van der Waals surface area contributed by atoms with Gasteiger partial charge >= 0.3 is 5.69 Å². The highest BCUT2D eigenvalue weighted by atomic mass is 19.1. The number of ether oxygens (including phenoxy) is 1. The first-order valence-corrected chi connectivity index (χ1v) is 6.87. The average Bonchev–Trinajstić information content (AvgIpc) is 2.46. The van der Waals surface area contributed by atoms with Gasteiger partial charge in [0, 0.05) is 18.7 Å². The zero-order valence-corrected chi connectivity index (χ0v) is 11.7. The normalized spacial score (nSPS) is 17.0. The van der Waals surface area contributed by atoms with Gasteiger partial charge in [-0.05, 0) is 31.0 Å². The Bertz CT molecular complexity index is 697. The molecule has 0 unspecified atom stereocenters. The summed E-state index contributed by atoms with van der Waals surface area (Å²) in [5.41, 5.74) is 0.498. The number of halogens is 1. The minimum atomic E-state index is -0.319. The minimum Gasteiger partial charge on any atom is -0.473 e. The molecule has 0 saturated heterocycles. The SMILES string of the molecule is C[C@@H]1CCn2c(cc(OCc3ccc(F)cc3)nc2=O)N1. The monoisotopic (exact) mass is 289 g/mol. The fourth-order valence-electron chi connectivity index (χ4n) is 2.28. The molecule has 0 spiro atoms. The second-order valence-corrected chi connectivity index (χ2v) is 5.16. The van der Waals surface area contributed by atoms with Crippen LogP contribution in [0.1, 0.15) is 18.9 Å². The molecule has 1 aromatic heterocycles. The largest absolute Gasteiger partial charge is 0.473 e. The summed E-state index contributed by atoms with van der Waals surface area (Å²) >= 11 is 0. The van der Waals surface area contributed by atoms with Crippen molar-refractivity contribution in [1.29, 1.82) is 0 Å². The second-order valence-electron chi connectivity index (χ2n) is 5.16. The number of benzene rings is 1. The van der Waals surface area contributed by atoms with E-state index < -0.39 is 0 Å². The molecule has 2 aromatic rings. The fourth-order valence-corrected chi connectivity index (χ4v) is 2.28. The number of rotatable bonds is 3. The van der Waals surface area contributed by atoms with E-state index in [0.717, 1.165) is 17.8 Å². The molecule has 3 rings (SSSR count). The van der Waals surface area contributed by atoms with E-state index in [1.165, 1.54) is 12.1 Å². The molecule has 0 radical (unpaired) electrons. The highest BCUT2D eigenvalue weighted by molar-refractivity contribution is 5.41. The third kappa shape index (κ3) is 3.04. The molecule has 0 bridgehead atoms. The summed E-state index contributed by atoms with van der Waals surface area (Å²) in [6.07, 6.45) is 0.893. The molecule has 5 nitrogen and oxygen atoms in total. The van der Waals surface area contributed by atoms with Crippen molar-refractivity contribution in [2.45, 2.75) is 32.5 Å². The Kier molecular flexibility index (Phi) is 3.60. The van der Waals surface area contributed by atoms with Crippen molar-refractivity contribution in [2.75, 3.05) is 5.32 Å². The summed E-state index contributed by atoms with van der Waals surface area (Å²) in [7, 11) is 0. The van der Waals surface area contributed by atoms with E-state index in [-0.39, 0.29) is 24.0 Å². The summed E-state index contributed by atoms with van der Waals surface area (Å²) in [6, 6.07) is 8.06. The fraction of sp³-hybridized carbons (Fsp3) is 0.333. The maximum atomic E-state index is 12.8. The number of anilines is 1. The van der Waals surface area contributed by atoms with Crippen LogP contribution in [0.15, 0.2) is 35.1 Å². The minimum absolute atomic E-state index is 0.242. The van der Waals surface area contributed by atoms with Gasteiger partial charge in [0.25, 0.3) is 0 Å². The molecule has 0 amide bonds. The standard InChI is InChI=1S/C15H16FN3O2/c1-10-6-7-19-13(17-10)8-14(18-15(19)20)21-9-11-2-4-12(16)5-3-11/h2-5,8,10,17H,6-7,9H2,1H3/t10-/m1/s1. The number of hydrogen-bond acceptors (Lipinski definition) is 4. The molecular weight excluding hydrogens is 273 g/mol. The Morgan fingerprint density at radius 2 is 2.19 bits per heavy atom. The van der Waals surface area contributed by atoms with Crippen LogP contribution in [0.3, 0.4) is 0 Å². The van der Waals surface area contributed by atoms with Crippen molar-refractivity contribution in [3.63, 3.8) is 0 Å². The lowest BCUT2D eigenvalue weighted by Gasteiger charge is -2.25. The van der Waals surface area contributed by atoms with Gasteiger partial charge in [-0.3, -0.25) is 4.57 Å². The zero-order valence-electron chi connectivity index (χ0n) is 11.7. The predicted molar refractivity (Wildman–Crippen MR) is 76.9 cm³/mol. The van der Waals surface area contributed by atoms with Gasteiger partial charge in [-0.15, -0.1) is 0 Å². The Balaban J connectivity index is 1.77. The maximum absolute atomic E-state index is 12.8. The van der Waals surface area contributed by atoms with E-state index in [1.54, 1.807) is 22.8 Å².